The average Bonchev–Trinajstić information content (AvgIpc) is 1.96. The van der Waals surface area contributed by atoms with Crippen molar-refractivity contribution in [2.24, 2.45) is 5.41 Å². The molecule has 0 amide bonds. The van der Waals surface area contributed by atoms with E-state index in [1.165, 1.54) is 0 Å². The lowest BCUT2D eigenvalue weighted by Crippen LogP contribution is -2.30. The maximum atomic E-state index is 11.0. The van der Waals surface area contributed by atoms with Crippen molar-refractivity contribution >= 4 is 10.8 Å². The molecule has 74 valence electrons. The van der Waals surface area contributed by atoms with E-state index in [9.17, 15) is 4.21 Å². The van der Waals surface area contributed by atoms with Crippen LogP contribution in [0.3, 0.4) is 0 Å². The van der Waals surface area contributed by atoms with Gasteiger partial charge in [0.15, 0.2) is 0 Å². The van der Waals surface area contributed by atoms with Crippen molar-refractivity contribution in [3.63, 3.8) is 0 Å². The predicted octanol–water partition coefficient (Wildman–Crippen LogP) is 1.39. The molecule has 0 aromatic carbocycles. The molecule has 12 heavy (non-hydrogen) atoms. The molecule has 0 saturated heterocycles. The largest absolute Gasteiger partial charge is 0.315 e. The second kappa shape index (κ2) is 5.70. The van der Waals surface area contributed by atoms with E-state index in [-0.39, 0.29) is 0 Å². The zero-order chi connectivity index (χ0) is 9.61. The molecule has 0 aliphatic carbocycles. The first-order valence-electron chi connectivity index (χ1n) is 4.51. The van der Waals surface area contributed by atoms with Crippen molar-refractivity contribution in [1.29, 1.82) is 0 Å². The Hall–Kier alpha value is 0.110. The summed E-state index contributed by atoms with van der Waals surface area (Å²) in [6.07, 6.45) is 0. The minimum absolute atomic E-state index is 0.327. The van der Waals surface area contributed by atoms with Crippen molar-refractivity contribution in [2.45, 2.75) is 27.7 Å². The van der Waals surface area contributed by atoms with Gasteiger partial charge in [-0.1, -0.05) is 27.7 Å². The molecule has 0 bridgehead atoms. The Morgan fingerprint density at radius 3 is 2.33 bits per heavy atom. The molecule has 3 heteroatoms. The monoisotopic (exact) mass is 191 g/mol. The van der Waals surface area contributed by atoms with Crippen molar-refractivity contribution in [1.82, 2.24) is 5.32 Å². The Balaban J connectivity index is 3.28. The molecule has 0 heterocycles. The van der Waals surface area contributed by atoms with Gasteiger partial charge >= 0.3 is 0 Å². The fourth-order valence-electron chi connectivity index (χ4n) is 0.794. The highest BCUT2D eigenvalue weighted by Crippen LogP contribution is 2.09. The van der Waals surface area contributed by atoms with E-state index >= 15 is 0 Å². The minimum atomic E-state index is -0.618. The van der Waals surface area contributed by atoms with E-state index in [2.05, 4.69) is 26.1 Å². The molecule has 0 aliphatic rings. The van der Waals surface area contributed by atoms with Crippen LogP contribution < -0.4 is 5.32 Å². The summed E-state index contributed by atoms with van der Waals surface area (Å²) in [6.45, 7) is 10.4. The van der Waals surface area contributed by atoms with Crippen LogP contribution in [-0.2, 0) is 10.8 Å². The molecular formula is C9H21NOS. The highest BCUT2D eigenvalue weighted by atomic mass is 32.2. The fourth-order valence-corrected chi connectivity index (χ4v) is 1.45. The molecule has 0 radical (unpaired) electrons. The normalized spacial score (nSPS) is 14.7. The molecule has 0 rings (SSSR count). The van der Waals surface area contributed by atoms with Crippen LogP contribution in [0.25, 0.3) is 0 Å². The van der Waals surface area contributed by atoms with Gasteiger partial charge in [-0.05, 0) is 5.41 Å². The van der Waals surface area contributed by atoms with Gasteiger partial charge in [-0.2, -0.15) is 0 Å². The van der Waals surface area contributed by atoms with Crippen LogP contribution in [0.15, 0.2) is 0 Å². The van der Waals surface area contributed by atoms with Crippen molar-refractivity contribution in [2.75, 3.05) is 24.6 Å². The third-order valence-corrected chi connectivity index (χ3v) is 2.79. The van der Waals surface area contributed by atoms with Gasteiger partial charge in [-0.15, -0.1) is 0 Å². The summed E-state index contributed by atoms with van der Waals surface area (Å²) in [5.41, 5.74) is 0.327. The molecule has 0 saturated carbocycles. The lowest BCUT2D eigenvalue weighted by Gasteiger charge is -2.18. The Labute approximate surface area is 78.6 Å². The van der Waals surface area contributed by atoms with Crippen molar-refractivity contribution in [3.05, 3.63) is 0 Å². The fraction of sp³-hybridized carbons (Fsp3) is 1.00. The van der Waals surface area contributed by atoms with Gasteiger partial charge in [0.2, 0.25) is 0 Å². The predicted molar refractivity (Wildman–Crippen MR) is 55.9 cm³/mol. The van der Waals surface area contributed by atoms with Crippen LogP contribution in [-0.4, -0.2) is 28.8 Å². The first-order chi connectivity index (χ1) is 5.45. The smallest absolute Gasteiger partial charge is 0.0359 e. The number of rotatable bonds is 5. The van der Waals surface area contributed by atoms with Gasteiger partial charge in [0.05, 0.1) is 0 Å². The molecule has 0 fully saturated rings. The highest BCUT2D eigenvalue weighted by molar-refractivity contribution is 7.84. The first kappa shape index (κ1) is 12.1. The van der Waals surface area contributed by atoms with Crippen LogP contribution in [0.4, 0.5) is 0 Å². The Kier molecular flexibility index (Phi) is 5.76. The molecule has 0 aromatic rings. The summed E-state index contributed by atoms with van der Waals surface area (Å²) in [6, 6.07) is 0. The molecule has 1 N–H and O–H groups in total. The summed E-state index contributed by atoms with van der Waals surface area (Å²) in [7, 11) is -0.618. The summed E-state index contributed by atoms with van der Waals surface area (Å²) < 4.78 is 11.0. The number of nitrogens with one attached hydrogen (secondary N) is 1. The first-order valence-corrected chi connectivity index (χ1v) is 6.00. The van der Waals surface area contributed by atoms with E-state index in [1.807, 2.05) is 6.92 Å². The van der Waals surface area contributed by atoms with Crippen molar-refractivity contribution < 1.29 is 4.21 Å². The van der Waals surface area contributed by atoms with Gasteiger partial charge in [-0.3, -0.25) is 4.21 Å². The Bertz CT molecular complexity index is 140. The molecule has 2 nitrogen and oxygen atoms in total. The maximum Gasteiger partial charge on any atom is 0.0359 e. The SMILES string of the molecule is CCS(=O)CCNCC(C)(C)C. The second-order valence-corrected chi connectivity index (χ2v) is 6.04. The van der Waals surface area contributed by atoms with E-state index in [4.69, 9.17) is 0 Å². The highest BCUT2D eigenvalue weighted by Gasteiger charge is 2.08. The summed E-state index contributed by atoms with van der Waals surface area (Å²) in [4.78, 5) is 0. The molecule has 0 spiro atoms. The van der Waals surface area contributed by atoms with Gasteiger partial charge in [0, 0.05) is 35.4 Å². The topological polar surface area (TPSA) is 29.1 Å². The van der Waals surface area contributed by atoms with E-state index in [0.717, 1.165) is 24.6 Å². The lowest BCUT2D eigenvalue weighted by molar-refractivity contribution is 0.385. The quantitative estimate of drug-likeness (QED) is 0.665. The van der Waals surface area contributed by atoms with Crippen molar-refractivity contribution in [3.8, 4) is 0 Å². The zero-order valence-electron chi connectivity index (χ0n) is 8.64. The maximum absolute atomic E-state index is 11.0. The van der Waals surface area contributed by atoms with Crippen LogP contribution in [0, 0.1) is 5.41 Å². The second-order valence-electron chi connectivity index (χ2n) is 4.17. The molecule has 0 aliphatic heterocycles. The summed E-state index contributed by atoms with van der Waals surface area (Å²) in [5.74, 6) is 1.56. The third kappa shape index (κ3) is 8.21. The van der Waals surface area contributed by atoms with Crippen LogP contribution in [0.2, 0.25) is 0 Å². The van der Waals surface area contributed by atoms with Gasteiger partial charge in [-0.25, -0.2) is 0 Å². The lowest BCUT2D eigenvalue weighted by atomic mass is 9.97. The Morgan fingerprint density at radius 2 is 1.92 bits per heavy atom. The van der Waals surface area contributed by atoms with E-state index < -0.39 is 10.8 Å². The Morgan fingerprint density at radius 1 is 1.33 bits per heavy atom. The molecule has 1 atom stereocenters. The third-order valence-electron chi connectivity index (χ3n) is 1.48. The average molecular weight is 191 g/mol. The van der Waals surface area contributed by atoms with Gasteiger partial charge in [0.25, 0.3) is 0 Å². The van der Waals surface area contributed by atoms with Crippen LogP contribution in [0.5, 0.6) is 0 Å². The summed E-state index contributed by atoms with van der Waals surface area (Å²) in [5, 5.41) is 3.30. The molecule has 0 aromatic heterocycles. The van der Waals surface area contributed by atoms with E-state index in [1.54, 1.807) is 0 Å². The van der Waals surface area contributed by atoms with Gasteiger partial charge in [0.1, 0.15) is 0 Å². The van der Waals surface area contributed by atoms with Crippen LogP contribution >= 0.6 is 0 Å². The zero-order valence-corrected chi connectivity index (χ0v) is 9.46. The number of hydrogen-bond donors (Lipinski definition) is 1. The minimum Gasteiger partial charge on any atom is -0.315 e. The standard InChI is InChI=1S/C9H21NOS/c1-5-12(11)7-6-10-8-9(2,3)4/h10H,5-8H2,1-4H3. The number of hydrogen-bond acceptors (Lipinski definition) is 2. The van der Waals surface area contributed by atoms with Crippen LogP contribution in [0.1, 0.15) is 27.7 Å². The molecule has 1 unspecified atom stereocenters. The van der Waals surface area contributed by atoms with Gasteiger partial charge < -0.3 is 5.32 Å². The summed E-state index contributed by atoms with van der Waals surface area (Å²) >= 11 is 0. The van der Waals surface area contributed by atoms with E-state index in [0.29, 0.717) is 5.41 Å². The molecular weight excluding hydrogens is 170 g/mol.